The number of rotatable bonds is 11. The molecule has 0 aliphatic rings. The van der Waals surface area contributed by atoms with Gasteiger partial charge in [0.2, 0.25) is 11.8 Å². The number of carbonyl (C=O) groups excluding carboxylic acids is 1. The van der Waals surface area contributed by atoms with E-state index in [-0.39, 0.29) is 19.1 Å². The van der Waals surface area contributed by atoms with Gasteiger partial charge in [-0.05, 0) is 12.1 Å². The predicted octanol–water partition coefficient (Wildman–Crippen LogP) is 1.21. The number of carboxylic acids is 1. The molecule has 1 N–H and O–H groups in total. The minimum atomic E-state index is -1.13. The molecule has 0 radical (unpaired) electrons. The van der Waals surface area contributed by atoms with E-state index in [2.05, 4.69) is 15.3 Å². The highest BCUT2D eigenvalue weighted by atomic mass is 35.5. The van der Waals surface area contributed by atoms with Gasteiger partial charge in [-0.25, -0.2) is 4.98 Å². The van der Waals surface area contributed by atoms with Crippen LogP contribution < -0.4 is 19.9 Å². The zero-order chi connectivity index (χ0) is 20.6. The Morgan fingerprint density at radius 2 is 1.93 bits per heavy atom. The summed E-state index contributed by atoms with van der Waals surface area (Å²) in [5, 5.41) is 14.6. The van der Waals surface area contributed by atoms with Gasteiger partial charge in [0.15, 0.2) is 0 Å². The van der Waals surface area contributed by atoms with Gasteiger partial charge in [0.25, 0.3) is 0 Å². The molecule has 8 nitrogen and oxygen atoms in total. The van der Waals surface area contributed by atoms with Gasteiger partial charge in [-0.2, -0.15) is 4.98 Å². The maximum atomic E-state index is 11.0. The van der Waals surface area contributed by atoms with Crippen LogP contribution in [0, 0.1) is 0 Å². The summed E-state index contributed by atoms with van der Waals surface area (Å²) in [4.78, 5) is 19.4. The highest BCUT2D eigenvalue weighted by Gasteiger charge is 2.19. The minimum Gasteiger partial charge on any atom is -0.550 e. The molecule has 2 aromatic rings. The lowest BCUT2D eigenvalue weighted by Crippen LogP contribution is -2.46. The summed E-state index contributed by atoms with van der Waals surface area (Å²) >= 11 is 6.03. The number of carbonyl (C=O) groups is 1. The van der Waals surface area contributed by atoms with E-state index in [1.165, 1.54) is 0 Å². The molecule has 0 aliphatic heterocycles. The lowest BCUT2D eigenvalue weighted by Gasteiger charge is -2.30. The first-order chi connectivity index (χ1) is 13.2. The van der Waals surface area contributed by atoms with E-state index in [0.717, 1.165) is 0 Å². The molecular weight excluding hydrogens is 384 g/mol. The Hall–Kier alpha value is -2.58. The summed E-state index contributed by atoms with van der Waals surface area (Å²) in [7, 11) is 5.93. The molecule has 0 spiro atoms. The fourth-order valence-electron chi connectivity index (χ4n) is 2.56. The van der Waals surface area contributed by atoms with Crippen LogP contribution in [0.4, 0.5) is 5.95 Å². The van der Waals surface area contributed by atoms with Crippen molar-refractivity contribution in [1.29, 1.82) is 0 Å². The first-order valence-electron chi connectivity index (χ1n) is 8.83. The zero-order valence-electron chi connectivity index (χ0n) is 16.2. The second-order valence-corrected chi connectivity index (χ2v) is 7.64. The molecule has 1 atom stereocenters. The molecule has 152 valence electrons. The molecular formula is C19H25ClN4O4. The van der Waals surface area contributed by atoms with E-state index in [4.69, 9.17) is 21.1 Å². The number of ether oxygens (including phenoxy) is 2. The normalized spacial score (nSPS) is 12.3. The number of aliphatic carboxylic acids is 1. The van der Waals surface area contributed by atoms with E-state index >= 15 is 0 Å². The molecule has 0 aliphatic carbocycles. The topological polar surface area (TPSA) is 96.4 Å². The summed E-state index contributed by atoms with van der Waals surface area (Å²) in [6, 6.07) is 8.44. The van der Waals surface area contributed by atoms with Crippen LogP contribution in [0.2, 0.25) is 5.02 Å². The number of anilines is 1. The number of nitrogens with one attached hydrogen (secondary N) is 1. The van der Waals surface area contributed by atoms with Gasteiger partial charge in [0.05, 0.1) is 38.8 Å². The van der Waals surface area contributed by atoms with Gasteiger partial charge in [0, 0.05) is 24.7 Å². The largest absolute Gasteiger partial charge is 0.550 e. The third-order valence-corrected chi connectivity index (χ3v) is 3.88. The fourth-order valence-corrected chi connectivity index (χ4v) is 2.75. The van der Waals surface area contributed by atoms with E-state index in [1.807, 2.05) is 33.3 Å². The Bertz CT molecular complexity index is 783. The molecule has 1 aromatic carbocycles. The van der Waals surface area contributed by atoms with Crippen LogP contribution in [0.1, 0.15) is 6.42 Å². The lowest BCUT2D eigenvalue weighted by atomic mass is 10.2. The van der Waals surface area contributed by atoms with Gasteiger partial charge in [0.1, 0.15) is 19.0 Å². The van der Waals surface area contributed by atoms with E-state index in [1.54, 1.807) is 24.4 Å². The van der Waals surface area contributed by atoms with E-state index < -0.39 is 5.97 Å². The van der Waals surface area contributed by atoms with Crippen molar-refractivity contribution >= 4 is 23.5 Å². The minimum absolute atomic E-state index is 0.143. The number of para-hydroxylation sites is 1. The molecule has 0 fully saturated rings. The fraction of sp³-hybridized carbons (Fsp3) is 0.421. The Morgan fingerprint density at radius 3 is 2.61 bits per heavy atom. The molecule has 1 heterocycles. The molecule has 1 aromatic heterocycles. The molecule has 0 saturated heterocycles. The second kappa shape index (κ2) is 10.1. The monoisotopic (exact) mass is 408 g/mol. The van der Waals surface area contributed by atoms with Crippen LogP contribution in [0.15, 0.2) is 36.5 Å². The predicted molar refractivity (Wildman–Crippen MR) is 104 cm³/mol. The molecule has 0 amide bonds. The first kappa shape index (κ1) is 21.7. The Morgan fingerprint density at radius 1 is 1.21 bits per heavy atom. The van der Waals surface area contributed by atoms with Crippen molar-refractivity contribution in [2.75, 3.05) is 46.2 Å². The maximum absolute atomic E-state index is 11.0. The number of hydrogen-bond acceptors (Lipinski definition) is 7. The van der Waals surface area contributed by atoms with E-state index in [9.17, 15) is 9.90 Å². The number of hydrogen-bond donors (Lipinski definition) is 1. The van der Waals surface area contributed by atoms with Crippen molar-refractivity contribution in [1.82, 2.24) is 9.97 Å². The summed E-state index contributed by atoms with van der Waals surface area (Å²) in [6.07, 6.45) is 1.40. The number of carboxylic acid groups (broad SMARTS) is 1. The van der Waals surface area contributed by atoms with Crippen LogP contribution >= 0.6 is 11.6 Å². The number of nitrogens with zero attached hydrogens (tertiary/aromatic N) is 3. The van der Waals surface area contributed by atoms with Crippen molar-refractivity contribution in [2.45, 2.75) is 12.5 Å². The van der Waals surface area contributed by atoms with Gasteiger partial charge < -0.3 is 29.2 Å². The number of halogens is 1. The van der Waals surface area contributed by atoms with Crippen LogP contribution in [0.3, 0.4) is 0 Å². The highest BCUT2D eigenvalue weighted by Crippen LogP contribution is 2.22. The molecule has 0 saturated carbocycles. The van der Waals surface area contributed by atoms with Crippen molar-refractivity contribution in [3.8, 4) is 11.6 Å². The van der Waals surface area contributed by atoms with Gasteiger partial charge in [-0.15, -0.1) is 0 Å². The average molecular weight is 409 g/mol. The van der Waals surface area contributed by atoms with Gasteiger partial charge >= 0.3 is 0 Å². The standard InChI is InChI=1S/C19H25ClN4O4/c1-24(2,3)13-14(12-18(25)26)22-19-21-9-8-17(23-19)28-11-10-27-16-7-5-4-6-15(16)20/h4-9,14H,10-13H2,1-3H3,(H-,21,22,23,25,26). The number of likely N-dealkylation sites (N-methyl/N-ethyl adjacent to an activating group) is 1. The molecule has 0 bridgehead atoms. The van der Waals surface area contributed by atoms with Crippen molar-refractivity contribution in [2.24, 2.45) is 0 Å². The lowest BCUT2D eigenvalue weighted by molar-refractivity contribution is -0.870. The summed E-state index contributed by atoms with van der Waals surface area (Å²) in [6.45, 7) is 1.13. The molecule has 1 unspecified atom stereocenters. The number of benzene rings is 1. The number of aromatic nitrogens is 2. The third-order valence-electron chi connectivity index (χ3n) is 3.57. The van der Waals surface area contributed by atoms with Crippen LogP contribution in [0.5, 0.6) is 11.6 Å². The molecule has 9 heteroatoms. The highest BCUT2D eigenvalue weighted by molar-refractivity contribution is 6.32. The average Bonchev–Trinajstić information content (AvgIpc) is 2.58. The van der Waals surface area contributed by atoms with Crippen LogP contribution in [0.25, 0.3) is 0 Å². The first-order valence-corrected chi connectivity index (χ1v) is 9.21. The second-order valence-electron chi connectivity index (χ2n) is 7.24. The van der Waals surface area contributed by atoms with Crippen molar-refractivity contribution < 1.29 is 23.9 Å². The van der Waals surface area contributed by atoms with Gasteiger partial charge in [-0.3, -0.25) is 0 Å². The summed E-state index contributed by atoms with van der Waals surface area (Å²) in [5.41, 5.74) is 0. The smallest absolute Gasteiger partial charge is 0.226 e. The molecule has 28 heavy (non-hydrogen) atoms. The van der Waals surface area contributed by atoms with Crippen molar-refractivity contribution in [3.63, 3.8) is 0 Å². The SMILES string of the molecule is C[N+](C)(C)CC(CC(=O)[O-])Nc1nccc(OCCOc2ccccc2Cl)n1. The number of quaternary nitrogens is 1. The Kier molecular flexibility index (Phi) is 7.83. The zero-order valence-corrected chi connectivity index (χ0v) is 17.0. The summed E-state index contributed by atoms with van der Waals surface area (Å²) < 4.78 is 11.7. The summed E-state index contributed by atoms with van der Waals surface area (Å²) in [5.74, 6) is 0.111. The van der Waals surface area contributed by atoms with Crippen LogP contribution in [-0.4, -0.2) is 67.4 Å². The van der Waals surface area contributed by atoms with Crippen molar-refractivity contribution in [3.05, 3.63) is 41.6 Å². The van der Waals surface area contributed by atoms with Crippen LogP contribution in [-0.2, 0) is 4.79 Å². The molecule has 2 rings (SSSR count). The Labute approximate surface area is 169 Å². The quantitative estimate of drug-likeness (QED) is 0.441. The third kappa shape index (κ3) is 7.98. The van der Waals surface area contributed by atoms with E-state index in [0.29, 0.717) is 40.2 Å². The maximum Gasteiger partial charge on any atom is 0.226 e. The Balaban J connectivity index is 1.89. The van der Waals surface area contributed by atoms with Gasteiger partial charge in [-0.1, -0.05) is 23.7 Å².